The van der Waals surface area contributed by atoms with Crippen LogP contribution in [0.15, 0.2) is 42.5 Å². The smallest absolute Gasteiger partial charge is 0.338 e. The molecule has 30 heavy (non-hydrogen) atoms. The summed E-state index contributed by atoms with van der Waals surface area (Å²) >= 11 is 0. The fraction of sp³-hybridized carbons (Fsp3) is 0.304. The summed E-state index contributed by atoms with van der Waals surface area (Å²) in [5.41, 5.74) is 2.19. The first-order valence-corrected chi connectivity index (χ1v) is 9.81. The maximum atomic E-state index is 12.6. The minimum atomic E-state index is -1.05. The van der Waals surface area contributed by atoms with E-state index in [-0.39, 0.29) is 22.6 Å². The van der Waals surface area contributed by atoms with E-state index in [0.717, 1.165) is 16.9 Å². The van der Waals surface area contributed by atoms with Crippen molar-refractivity contribution >= 4 is 29.4 Å². The van der Waals surface area contributed by atoms with Crippen molar-refractivity contribution < 1.29 is 23.9 Å². The van der Waals surface area contributed by atoms with Gasteiger partial charge in [-0.05, 0) is 49.1 Å². The van der Waals surface area contributed by atoms with Gasteiger partial charge in [0.25, 0.3) is 17.7 Å². The number of hydrogen-bond acceptors (Lipinski definition) is 5. The molecule has 7 heteroatoms. The second-order valence-electron chi connectivity index (χ2n) is 7.36. The van der Waals surface area contributed by atoms with Crippen molar-refractivity contribution in [2.24, 2.45) is 0 Å². The molecule has 0 saturated heterocycles. The van der Waals surface area contributed by atoms with Gasteiger partial charge in [-0.25, -0.2) is 4.79 Å². The van der Waals surface area contributed by atoms with Crippen molar-refractivity contribution in [3.63, 3.8) is 0 Å². The Morgan fingerprint density at radius 1 is 1.03 bits per heavy atom. The SMILES string of the molecule is CCC(C)c1ccccc1NC(=O)C(C)OC(=O)c1ccc2c(c1)C(=O)N(C)C2=O. The second-order valence-corrected chi connectivity index (χ2v) is 7.36. The monoisotopic (exact) mass is 408 g/mol. The lowest BCUT2D eigenvalue weighted by atomic mass is 9.97. The predicted molar refractivity (Wildman–Crippen MR) is 112 cm³/mol. The van der Waals surface area contributed by atoms with Crippen LogP contribution in [0, 0.1) is 0 Å². The molecule has 2 atom stereocenters. The fourth-order valence-electron chi connectivity index (χ4n) is 3.27. The number of esters is 1. The lowest BCUT2D eigenvalue weighted by molar-refractivity contribution is -0.123. The Hall–Kier alpha value is -3.48. The number of carbonyl (C=O) groups is 4. The lowest BCUT2D eigenvalue weighted by Gasteiger charge is -2.18. The number of fused-ring (bicyclic) bond motifs is 1. The first-order chi connectivity index (χ1) is 14.2. The maximum Gasteiger partial charge on any atom is 0.338 e. The normalized spacial score (nSPS) is 14.9. The molecule has 1 heterocycles. The molecule has 0 radical (unpaired) electrons. The lowest BCUT2D eigenvalue weighted by Crippen LogP contribution is -2.30. The Balaban J connectivity index is 1.71. The van der Waals surface area contributed by atoms with E-state index in [1.807, 2.05) is 24.3 Å². The van der Waals surface area contributed by atoms with Crippen molar-refractivity contribution in [3.05, 3.63) is 64.7 Å². The highest BCUT2D eigenvalue weighted by Gasteiger charge is 2.33. The molecular formula is C23H24N2O5. The minimum Gasteiger partial charge on any atom is -0.449 e. The van der Waals surface area contributed by atoms with Crippen LogP contribution in [0.4, 0.5) is 5.69 Å². The Kier molecular flexibility index (Phi) is 6.01. The summed E-state index contributed by atoms with van der Waals surface area (Å²) in [6, 6.07) is 11.7. The molecule has 0 bridgehead atoms. The van der Waals surface area contributed by atoms with Gasteiger partial charge in [-0.15, -0.1) is 0 Å². The quantitative estimate of drug-likeness (QED) is 0.582. The fourth-order valence-corrected chi connectivity index (χ4v) is 3.27. The largest absolute Gasteiger partial charge is 0.449 e. The van der Waals surface area contributed by atoms with E-state index in [4.69, 9.17) is 4.74 Å². The van der Waals surface area contributed by atoms with Gasteiger partial charge in [0.1, 0.15) is 0 Å². The van der Waals surface area contributed by atoms with Crippen LogP contribution in [0.1, 0.15) is 69.7 Å². The first-order valence-electron chi connectivity index (χ1n) is 9.81. The van der Waals surface area contributed by atoms with Gasteiger partial charge in [0.2, 0.25) is 0 Å². The topological polar surface area (TPSA) is 92.8 Å². The van der Waals surface area contributed by atoms with Crippen LogP contribution >= 0.6 is 0 Å². The predicted octanol–water partition coefficient (Wildman–Crippen LogP) is 3.61. The van der Waals surface area contributed by atoms with Gasteiger partial charge >= 0.3 is 5.97 Å². The molecule has 3 amide bonds. The second kappa shape index (κ2) is 8.49. The van der Waals surface area contributed by atoms with E-state index >= 15 is 0 Å². The van der Waals surface area contributed by atoms with Gasteiger partial charge in [0.05, 0.1) is 16.7 Å². The van der Waals surface area contributed by atoms with Crippen LogP contribution in [0.2, 0.25) is 0 Å². The van der Waals surface area contributed by atoms with E-state index in [2.05, 4.69) is 19.2 Å². The highest BCUT2D eigenvalue weighted by molar-refractivity contribution is 6.21. The van der Waals surface area contributed by atoms with Crippen molar-refractivity contribution in [1.29, 1.82) is 0 Å². The summed E-state index contributed by atoms with van der Waals surface area (Å²) in [6.45, 7) is 5.63. The van der Waals surface area contributed by atoms with Gasteiger partial charge in [-0.3, -0.25) is 19.3 Å². The summed E-state index contributed by atoms with van der Waals surface area (Å²) in [5.74, 6) is -1.82. The molecule has 0 spiro atoms. The molecular weight excluding hydrogens is 384 g/mol. The summed E-state index contributed by atoms with van der Waals surface area (Å²) in [6.07, 6.45) is -0.123. The van der Waals surface area contributed by atoms with Crippen LogP contribution in [-0.4, -0.2) is 41.7 Å². The molecule has 7 nitrogen and oxygen atoms in total. The van der Waals surface area contributed by atoms with Gasteiger partial charge in [-0.2, -0.15) is 0 Å². The standard InChI is InChI=1S/C23H24N2O5/c1-5-13(2)16-8-6-7-9-19(16)24-20(26)14(3)30-23(29)15-10-11-17-18(12-15)22(28)25(4)21(17)27/h6-14H,5H2,1-4H3,(H,24,26). The molecule has 1 aliphatic rings. The molecule has 2 aromatic rings. The zero-order valence-corrected chi connectivity index (χ0v) is 17.4. The van der Waals surface area contributed by atoms with Crippen molar-refractivity contribution in [1.82, 2.24) is 4.90 Å². The first kappa shape index (κ1) is 21.2. The van der Waals surface area contributed by atoms with E-state index in [0.29, 0.717) is 5.69 Å². The zero-order valence-electron chi connectivity index (χ0n) is 17.4. The third-order valence-electron chi connectivity index (χ3n) is 5.34. The summed E-state index contributed by atoms with van der Waals surface area (Å²) in [5, 5.41) is 2.82. The number of ether oxygens (including phenoxy) is 1. The number of para-hydroxylation sites is 1. The zero-order chi connectivity index (χ0) is 22.0. The molecule has 3 rings (SSSR count). The Morgan fingerprint density at radius 2 is 1.70 bits per heavy atom. The Bertz CT molecular complexity index is 1030. The van der Waals surface area contributed by atoms with E-state index in [9.17, 15) is 19.2 Å². The third kappa shape index (κ3) is 3.96. The molecule has 0 aliphatic carbocycles. The van der Waals surface area contributed by atoms with Gasteiger partial charge < -0.3 is 10.1 Å². The third-order valence-corrected chi connectivity index (χ3v) is 5.34. The number of amides is 3. The number of nitrogens with one attached hydrogen (secondary N) is 1. The highest BCUT2D eigenvalue weighted by Crippen LogP contribution is 2.27. The van der Waals surface area contributed by atoms with Crippen molar-refractivity contribution in [2.45, 2.75) is 39.2 Å². The molecule has 2 aromatic carbocycles. The van der Waals surface area contributed by atoms with E-state index in [1.54, 1.807) is 0 Å². The Morgan fingerprint density at radius 3 is 2.40 bits per heavy atom. The summed E-state index contributed by atoms with van der Waals surface area (Å²) < 4.78 is 5.28. The van der Waals surface area contributed by atoms with Crippen LogP contribution in [0.25, 0.3) is 0 Å². The number of carbonyl (C=O) groups excluding carboxylic acids is 4. The van der Waals surface area contributed by atoms with Gasteiger partial charge in [-0.1, -0.05) is 32.0 Å². The molecule has 0 saturated carbocycles. The summed E-state index contributed by atoms with van der Waals surface area (Å²) in [7, 11) is 1.38. The number of benzene rings is 2. The Labute approximate surface area is 175 Å². The average molecular weight is 408 g/mol. The maximum absolute atomic E-state index is 12.6. The highest BCUT2D eigenvalue weighted by atomic mass is 16.5. The average Bonchev–Trinajstić information content (AvgIpc) is 2.97. The molecule has 2 unspecified atom stereocenters. The molecule has 0 aromatic heterocycles. The minimum absolute atomic E-state index is 0.102. The van der Waals surface area contributed by atoms with Crippen LogP contribution in [-0.2, 0) is 9.53 Å². The van der Waals surface area contributed by atoms with Crippen molar-refractivity contribution in [2.75, 3.05) is 12.4 Å². The number of imide groups is 1. The van der Waals surface area contributed by atoms with Gasteiger partial charge in [0, 0.05) is 12.7 Å². The molecule has 0 fully saturated rings. The van der Waals surface area contributed by atoms with E-state index < -0.39 is 29.8 Å². The molecule has 1 N–H and O–H groups in total. The van der Waals surface area contributed by atoms with Gasteiger partial charge in [0.15, 0.2) is 6.10 Å². The molecule has 1 aliphatic heterocycles. The summed E-state index contributed by atoms with van der Waals surface area (Å²) in [4.78, 5) is 50.1. The van der Waals surface area contributed by atoms with Crippen molar-refractivity contribution in [3.8, 4) is 0 Å². The van der Waals surface area contributed by atoms with Crippen LogP contribution in [0.3, 0.4) is 0 Å². The van der Waals surface area contributed by atoms with Crippen LogP contribution < -0.4 is 5.32 Å². The van der Waals surface area contributed by atoms with E-state index in [1.165, 1.54) is 32.2 Å². The molecule has 156 valence electrons. The van der Waals surface area contributed by atoms with Crippen LogP contribution in [0.5, 0.6) is 0 Å². The number of rotatable bonds is 6. The number of hydrogen-bond donors (Lipinski definition) is 1. The number of nitrogens with zero attached hydrogens (tertiary/aromatic N) is 1. The number of anilines is 1.